The minimum atomic E-state index is -4.10. The van der Waals surface area contributed by atoms with Gasteiger partial charge < -0.3 is 4.74 Å². The highest BCUT2D eigenvalue weighted by molar-refractivity contribution is 5.01. The third-order valence-electron chi connectivity index (χ3n) is 3.12. The highest BCUT2D eigenvalue weighted by Crippen LogP contribution is 2.55. The predicted molar refractivity (Wildman–Crippen MR) is 36.7 cm³/mol. The number of alkyl halides is 3. The third-order valence-corrected chi connectivity index (χ3v) is 3.12. The van der Waals surface area contributed by atoms with E-state index in [1.165, 1.54) is 6.92 Å². The molecule has 0 aromatic carbocycles. The van der Waals surface area contributed by atoms with Crippen molar-refractivity contribution < 1.29 is 17.9 Å². The minimum Gasteiger partial charge on any atom is -0.374 e. The molecule has 2 rings (SSSR count). The Morgan fingerprint density at radius 1 is 1.33 bits per heavy atom. The number of rotatable bonds is 0. The molecule has 12 heavy (non-hydrogen) atoms. The number of hydrogen-bond donors (Lipinski definition) is 0. The molecule has 70 valence electrons. The van der Waals surface area contributed by atoms with Gasteiger partial charge in [-0.05, 0) is 26.2 Å². The van der Waals surface area contributed by atoms with Gasteiger partial charge in [-0.25, -0.2) is 0 Å². The fourth-order valence-electron chi connectivity index (χ4n) is 2.23. The Morgan fingerprint density at radius 3 is 2.25 bits per heavy atom. The van der Waals surface area contributed by atoms with E-state index in [1.807, 2.05) is 0 Å². The molecule has 4 heteroatoms. The smallest absolute Gasteiger partial charge is 0.374 e. The van der Waals surface area contributed by atoms with Crippen LogP contribution in [-0.2, 0) is 4.74 Å². The molecule has 0 saturated carbocycles. The molecular weight excluding hydrogens is 169 g/mol. The molecule has 0 amide bonds. The van der Waals surface area contributed by atoms with Gasteiger partial charge in [0.15, 0.2) is 0 Å². The van der Waals surface area contributed by atoms with E-state index in [-0.39, 0.29) is 12.5 Å². The van der Waals surface area contributed by atoms with Crippen LogP contribution in [0.2, 0.25) is 0 Å². The fraction of sp³-hybridized carbons (Fsp3) is 1.00. The van der Waals surface area contributed by atoms with Crippen LogP contribution in [0.5, 0.6) is 0 Å². The Kier molecular flexibility index (Phi) is 1.50. The summed E-state index contributed by atoms with van der Waals surface area (Å²) in [7, 11) is 0. The first-order chi connectivity index (χ1) is 5.43. The molecule has 1 nitrogen and oxygen atoms in total. The molecule has 0 aromatic heterocycles. The lowest BCUT2D eigenvalue weighted by Crippen LogP contribution is -2.43. The standard InChI is InChI=1S/C8H11F3O/c1-7(8(9,10)11)4-5-2-3-6(7)12-5/h5-6H,2-4H2,1H3. The van der Waals surface area contributed by atoms with Crippen molar-refractivity contribution in [2.75, 3.05) is 0 Å². The van der Waals surface area contributed by atoms with Gasteiger partial charge in [-0.15, -0.1) is 0 Å². The number of fused-ring (bicyclic) bond motifs is 2. The Morgan fingerprint density at radius 2 is 2.00 bits per heavy atom. The molecule has 3 atom stereocenters. The largest absolute Gasteiger partial charge is 0.396 e. The van der Waals surface area contributed by atoms with Crippen molar-refractivity contribution in [1.82, 2.24) is 0 Å². The van der Waals surface area contributed by atoms with Crippen molar-refractivity contribution in [1.29, 1.82) is 0 Å². The molecule has 2 bridgehead atoms. The normalized spacial score (nSPS) is 47.0. The lowest BCUT2D eigenvalue weighted by molar-refractivity contribution is -0.232. The predicted octanol–water partition coefficient (Wildman–Crippen LogP) is 2.51. The summed E-state index contributed by atoms with van der Waals surface area (Å²) in [4.78, 5) is 0. The summed E-state index contributed by atoms with van der Waals surface area (Å²) in [5.41, 5.74) is -1.57. The van der Waals surface area contributed by atoms with Crippen molar-refractivity contribution in [2.24, 2.45) is 5.41 Å². The summed E-state index contributed by atoms with van der Waals surface area (Å²) < 4.78 is 42.8. The Hall–Kier alpha value is -0.250. The Bertz CT molecular complexity index is 201. The number of ether oxygens (including phenoxy) is 1. The van der Waals surface area contributed by atoms with Gasteiger partial charge in [-0.3, -0.25) is 0 Å². The van der Waals surface area contributed by atoms with Crippen LogP contribution in [0.4, 0.5) is 13.2 Å². The van der Waals surface area contributed by atoms with Gasteiger partial charge in [0.1, 0.15) is 0 Å². The van der Waals surface area contributed by atoms with Crippen LogP contribution in [0.3, 0.4) is 0 Å². The quantitative estimate of drug-likeness (QED) is 0.556. The monoisotopic (exact) mass is 180 g/mol. The molecule has 0 aromatic rings. The van der Waals surface area contributed by atoms with Gasteiger partial charge in [0.25, 0.3) is 0 Å². The summed E-state index contributed by atoms with van der Waals surface area (Å²) in [6.45, 7) is 1.27. The van der Waals surface area contributed by atoms with E-state index in [0.717, 1.165) is 6.42 Å². The van der Waals surface area contributed by atoms with E-state index in [9.17, 15) is 13.2 Å². The second kappa shape index (κ2) is 2.16. The van der Waals surface area contributed by atoms with Crippen LogP contribution in [-0.4, -0.2) is 18.4 Å². The molecule has 2 aliphatic rings. The highest BCUT2D eigenvalue weighted by atomic mass is 19.4. The summed E-state index contributed by atoms with van der Waals surface area (Å²) in [5.74, 6) is 0. The lowest BCUT2D eigenvalue weighted by Gasteiger charge is -2.33. The molecule has 2 aliphatic heterocycles. The zero-order valence-corrected chi connectivity index (χ0v) is 6.82. The maximum absolute atomic E-state index is 12.5. The van der Waals surface area contributed by atoms with Crippen molar-refractivity contribution in [3.63, 3.8) is 0 Å². The van der Waals surface area contributed by atoms with E-state index in [1.54, 1.807) is 0 Å². The molecule has 2 saturated heterocycles. The van der Waals surface area contributed by atoms with Gasteiger partial charge in [0.05, 0.1) is 17.6 Å². The Labute approximate surface area is 68.9 Å². The van der Waals surface area contributed by atoms with Gasteiger partial charge in [-0.1, -0.05) is 0 Å². The SMILES string of the molecule is CC1(C(F)(F)F)CC2CCC1O2. The molecule has 0 radical (unpaired) electrons. The van der Waals surface area contributed by atoms with Gasteiger partial charge in [0.2, 0.25) is 0 Å². The fourth-order valence-corrected chi connectivity index (χ4v) is 2.23. The minimum absolute atomic E-state index is 0.137. The summed E-state index contributed by atoms with van der Waals surface area (Å²) in [6.07, 6.45) is -3.30. The second-order valence-corrected chi connectivity index (χ2v) is 3.94. The maximum atomic E-state index is 12.5. The average molecular weight is 180 g/mol. The summed E-state index contributed by atoms with van der Waals surface area (Å²) >= 11 is 0. The molecule has 2 fully saturated rings. The van der Waals surface area contributed by atoms with E-state index >= 15 is 0 Å². The second-order valence-electron chi connectivity index (χ2n) is 3.94. The molecule has 3 unspecified atom stereocenters. The maximum Gasteiger partial charge on any atom is 0.396 e. The molecule has 0 N–H and O–H groups in total. The Balaban J connectivity index is 2.23. The van der Waals surface area contributed by atoms with Crippen LogP contribution in [0.15, 0.2) is 0 Å². The third kappa shape index (κ3) is 0.903. The van der Waals surface area contributed by atoms with Gasteiger partial charge in [0, 0.05) is 0 Å². The molecular formula is C8H11F3O. The zero-order chi connectivity index (χ0) is 8.98. The highest BCUT2D eigenvalue weighted by Gasteiger charge is 2.63. The average Bonchev–Trinajstić information content (AvgIpc) is 2.43. The first-order valence-corrected chi connectivity index (χ1v) is 4.16. The molecule has 0 aliphatic carbocycles. The van der Waals surface area contributed by atoms with Crippen LogP contribution in [0, 0.1) is 5.41 Å². The van der Waals surface area contributed by atoms with Crippen molar-refractivity contribution in [3.05, 3.63) is 0 Å². The van der Waals surface area contributed by atoms with Gasteiger partial charge >= 0.3 is 6.18 Å². The topological polar surface area (TPSA) is 9.23 Å². The van der Waals surface area contributed by atoms with Crippen molar-refractivity contribution in [2.45, 2.75) is 44.6 Å². The van der Waals surface area contributed by atoms with E-state index < -0.39 is 17.7 Å². The van der Waals surface area contributed by atoms with Crippen molar-refractivity contribution in [3.8, 4) is 0 Å². The number of hydrogen-bond acceptors (Lipinski definition) is 1. The zero-order valence-electron chi connectivity index (χ0n) is 6.82. The van der Waals surface area contributed by atoms with E-state index in [2.05, 4.69) is 0 Å². The first kappa shape index (κ1) is 8.35. The van der Waals surface area contributed by atoms with Crippen molar-refractivity contribution >= 4 is 0 Å². The molecule has 2 heterocycles. The van der Waals surface area contributed by atoms with Gasteiger partial charge in [-0.2, -0.15) is 13.2 Å². The molecule has 0 spiro atoms. The van der Waals surface area contributed by atoms with E-state index in [0.29, 0.717) is 6.42 Å². The summed E-state index contributed by atoms with van der Waals surface area (Å²) in [5, 5.41) is 0. The van der Waals surface area contributed by atoms with Crippen LogP contribution >= 0.6 is 0 Å². The summed E-state index contributed by atoms with van der Waals surface area (Å²) in [6, 6.07) is 0. The lowest BCUT2D eigenvalue weighted by atomic mass is 9.75. The van der Waals surface area contributed by atoms with E-state index in [4.69, 9.17) is 4.74 Å². The number of halogens is 3. The first-order valence-electron chi connectivity index (χ1n) is 4.16. The van der Waals surface area contributed by atoms with Crippen LogP contribution in [0.1, 0.15) is 26.2 Å². The van der Waals surface area contributed by atoms with Crippen LogP contribution in [0.25, 0.3) is 0 Å². The van der Waals surface area contributed by atoms with Crippen LogP contribution < -0.4 is 0 Å².